The van der Waals surface area contributed by atoms with E-state index in [9.17, 15) is 15.3 Å². The monoisotopic (exact) mass is 333 g/mol. The van der Waals surface area contributed by atoms with Crippen LogP contribution in [0.4, 0.5) is 0 Å². The standard InChI is InChI=1S/C18H23NO5/c1-23-17-9-13(3-5-15(17)21)11-19(7-8-20)12-14-4-6-16(22)18(10-14)24-2/h3-6,9-10,20-22H,7-8,11-12H2,1-2H3. The van der Waals surface area contributed by atoms with Crippen LogP contribution in [0.1, 0.15) is 11.1 Å². The normalized spacial score (nSPS) is 10.8. The van der Waals surface area contributed by atoms with E-state index >= 15 is 0 Å². The molecule has 130 valence electrons. The SMILES string of the molecule is COc1cc(CN(CCO)Cc2ccc(O)c(OC)c2)ccc1O. The van der Waals surface area contributed by atoms with Gasteiger partial charge in [0.2, 0.25) is 0 Å². The molecule has 6 heteroatoms. The Hall–Kier alpha value is -2.44. The Morgan fingerprint density at radius 2 is 1.29 bits per heavy atom. The second kappa shape index (κ2) is 8.42. The first-order valence-corrected chi connectivity index (χ1v) is 7.62. The summed E-state index contributed by atoms with van der Waals surface area (Å²) >= 11 is 0. The summed E-state index contributed by atoms with van der Waals surface area (Å²) in [4.78, 5) is 2.05. The molecule has 2 aromatic rings. The zero-order valence-electron chi connectivity index (χ0n) is 13.9. The largest absolute Gasteiger partial charge is 0.504 e. The van der Waals surface area contributed by atoms with E-state index in [2.05, 4.69) is 4.90 Å². The van der Waals surface area contributed by atoms with E-state index < -0.39 is 0 Å². The van der Waals surface area contributed by atoms with Gasteiger partial charge in [0.05, 0.1) is 20.8 Å². The predicted molar refractivity (Wildman–Crippen MR) is 90.5 cm³/mol. The Labute approximate surface area is 141 Å². The molecule has 0 unspecified atom stereocenters. The van der Waals surface area contributed by atoms with Gasteiger partial charge in [-0.05, 0) is 35.4 Å². The molecule has 0 aliphatic carbocycles. The lowest BCUT2D eigenvalue weighted by molar-refractivity contribution is 0.184. The lowest BCUT2D eigenvalue weighted by atomic mass is 10.1. The van der Waals surface area contributed by atoms with Crippen molar-refractivity contribution in [3.05, 3.63) is 47.5 Å². The molecule has 0 saturated carbocycles. The van der Waals surface area contributed by atoms with Crippen LogP contribution >= 0.6 is 0 Å². The van der Waals surface area contributed by atoms with Crippen LogP contribution in [0, 0.1) is 0 Å². The van der Waals surface area contributed by atoms with Crippen molar-refractivity contribution in [3.8, 4) is 23.0 Å². The molecule has 0 spiro atoms. The van der Waals surface area contributed by atoms with Crippen LogP contribution in [0.3, 0.4) is 0 Å². The van der Waals surface area contributed by atoms with Gasteiger partial charge in [-0.3, -0.25) is 4.90 Å². The lowest BCUT2D eigenvalue weighted by Crippen LogP contribution is -2.26. The van der Waals surface area contributed by atoms with Gasteiger partial charge in [-0.2, -0.15) is 0 Å². The summed E-state index contributed by atoms with van der Waals surface area (Å²) in [7, 11) is 3.01. The second-order valence-corrected chi connectivity index (χ2v) is 5.45. The summed E-state index contributed by atoms with van der Waals surface area (Å²) in [6.07, 6.45) is 0. The van der Waals surface area contributed by atoms with Crippen LogP contribution < -0.4 is 9.47 Å². The zero-order chi connectivity index (χ0) is 17.5. The zero-order valence-corrected chi connectivity index (χ0v) is 13.9. The number of phenolic OH excluding ortho intramolecular Hbond substituents is 2. The molecule has 0 heterocycles. The van der Waals surface area contributed by atoms with Crippen LogP contribution in [-0.2, 0) is 13.1 Å². The van der Waals surface area contributed by atoms with E-state index in [-0.39, 0.29) is 18.1 Å². The van der Waals surface area contributed by atoms with Crippen LogP contribution in [0.2, 0.25) is 0 Å². The Bertz CT molecular complexity index is 619. The molecule has 0 saturated heterocycles. The Morgan fingerprint density at radius 3 is 1.67 bits per heavy atom. The summed E-state index contributed by atoms with van der Waals surface area (Å²) in [6, 6.07) is 10.4. The van der Waals surface area contributed by atoms with Crippen LogP contribution in [0.15, 0.2) is 36.4 Å². The van der Waals surface area contributed by atoms with Gasteiger partial charge in [0, 0.05) is 19.6 Å². The van der Waals surface area contributed by atoms with Crippen molar-refractivity contribution in [2.45, 2.75) is 13.1 Å². The van der Waals surface area contributed by atoms with E-state index in [4.69, 9.17) is 9.47 Å². The lowest BCUT2D eigenvalue weighted by Gasteiger charge is -2.22. The number of aliphatic hydroxyl groups excluding tert-OH is 1. The van der Waals surface area contributed by atoms with Gasteiger partial charge in [0.1, 0.15) is 0 Å². The summed E-state index contributed by atoms with van der Waals surface area (Å²) in [5.74, 6) is 1.03. The molecule has 0 aliphatic rings. The van der Waals surface area contributed by atoms with Crippen molar-refractivity contribution in [2.24, 2.45) is 0 Å². The first-order chi connectivity index (χ1) is 11.6. The molecule has 0 radical (unpaired) electrons. The third-order valence-electron chi connectivity index (χ3n) is 3.72. The van der Waals surface area contributed by atoms with Crippen molar-refractivity contribution >= 4 is 0 Å². The number of ether oxygens (including phenoxy) is 2. The van der Waals surface area contributed by atoms with Gasteiger partial charge in [-0.15, -0.1) is 0 Å². The highest BCUT2D eigenvalue weighted by atomic mass is 16.5. The first-order valence-electron chi connectivity index (χ1n) is 7.62. The number of nitrogens with zero attached hydrogens (tertiary/aromatic N) is 1. The summed E-state index contributed by atoms with van der Waals surface area (Å²) < 4.78 is 10.3. The fraction of sp³-hybridized carbons (Fsp3) is 0.333. The van der Waals surface area contributed by atoms with Crippen molar-refractivity contribution < 1.29 is 24.8 Å². The van der Waals surface area contributed by atoms with E-state index in [0.29, 0.717) is 31.1 Å². The Morgan fingerprint density at radius 1 is 0.833 bits per heavy atom. The third-order valence-corrected chi connectivity index (χ3v) is 3.72. The number of methoxy groups -OCH3 is 2. The van der Waals surface area contributed by atoms with Gasteiger partial charge >= 0.3 is 0 Å². The average molecular weight is 333 g/mol. The molecular weight excluding hydrogens is 310 g/mol. The number of aliphatic hydroxyl groups is 1. The highest BCUT2D eigenvalue weighted by molar-refractivity contribution is 5.42. The van der Waals surface area contributed by atoms with E-state index in [1.807, 2.05) is 12.1 Å². The first kappa shape index (κ1) is 17.9. The predicted octanol–water partition coefficient (Wildman–Crippen LogP) is 2.11. The molecule has 0 aliphatic heterocycles. The Balaban J connectivity index is 2.14. The van der Waals surface area contributed by atoms with Crippen LogP contribution in [0.25, 0.3) is 0 Å². The molecular formula is C18H23NO5. The number of hydrogen-bond donors (Lipinski definition) is 3. The average Bonchev–Trinajstić information content (AvgIpc) is 2.58. The molecule has 0 aromatic heterocycles. The Kier molecular flexibility index (Phi) is 6.28. The smallest absolute Gasteiger partial charge is 0.160 e. The minimum Gasteiger partial charge on any atom is -0.504 e. The molecule has 0 atom stereocenters. The molecule has 3 N–H and O–H groups in total. The van der Waals surface area contributed by atoms with Gasteiger partial charge < -0.3 is 24.8 Å². The molecule has 0 bridgehead atoms. The second-order valence-electron chi connectivity index (χ2n) is 5.45. The molecule has 0 amide bonds. The molecule has 0 fully saturated rings. The van der Waals surface area contributed by atoms with Crippen molar-refractivity contribution in [1.82, 2.24) is 4.90 Å². The maximum atomic E-state index is 9.68. The van der Waals surface area contributed by atoms with Crippen LogP contribution in [-0.4, -0.2) is 47.6 Å². The molecule has 2 aromatic carbocycles. The summed E-state index contributed by atoms with van der Waals surface area (Å²) in [6.45, 7) is 1.69. The van der Waals surface area contributed by atoms with Crippen LogP contribution in [0.5, 0.6) is 23.0 Å². The summed E-state index contributed by atoms with van der Waals surface area (Å²) in [5, 5.41) is 28.7. The number of benzene rings is 2. The molecule has 2 rings (SSSR count). The minimum atomic E-state index is 0.0322. The highest BCUT2D eigenvalue weighted by Crippen LogP contribution is 2.28. The third kappa shape index (κ3) is 4.53. The van der Waals surface area contributed by atoms with Crippen molar-refractivity contribution in [3.63, 3.8) is 0 Å². The number of rotatable bonds is 8. The molecule has 6 nitrogen and oxygen atoms in total. The molecule has 24 heavy (non-hydrogen) atoms. The number of hydrogen-bond acceptors (Lipinski definition) is 6. The summed E-state index contributed by atoms with van der Waals surface area (Å²) in [5.41, 5.74) is 1.92. The van der Waals surface area contributed by atoms with Crippen molar-refractivity contribution in [1.29, 1.82) is 0 Å². The van der Waals surface area contributed by atoms with E-state index in [1.165, 1.54) is 14.2 Å². The minimum absolute atomic E-state index is 0.0322. The van der Waals surface area contributed by atoms with Gasteiger partial charge in [0.15, 0.2) is 23.0 Å². The maximum Gasteiger partial charge on any atom is 0.160 e. The fourth-order valence-electron chi connectivity index (χ4n) is 2.51. The highest BCUT2D eigenvalue weighted by Gasteiger charge is 2.11. The van der Waals surface area contributed by atoms with Gasteiger partial charge in [-0.25, -0.2) is 0 Å². The van der Waals surface area contributed by atoms with E-state index in [0.717, 1.165) is 11.1 Å². The topological polar surface area (TPSA) is 82.4 Å². The van der Waals surface area contributed by atoms with Crippen molar-refractivity contribution in [2.75, 3.05) is 27.4 Å². The quantitative estimate of drug-likeness (QED) is 0.686. The number of aromatic hydroxyl groups is 2. The maximum absolute atomic E-state index is 9.68. The van der Waals surface area contributed by atoms with E-state index in [1.54, 1.807) is 24.3 Å². The fourth-order valence-corrected chi connectivity index (χ4v) is 2.51. The van der Waals surface area contributed by atoms with Gasteiger partial charge in [0.25, 0.3) is 0 Å². The number of phenols is 2. The van der Waals surface area contributed by atoms with Gasteiger partial charge in [-0.1, -0.05) is 12.1 Å².